The molecule has 2 unspecified atom stereocenters. The fourth-order valence-electron chi connectivity index (χ4n) is 2.87. The Labute approximate surface area is 121 Å². The van der Waals surface area contributed by atoms with Crippen molar-refractivity contribution >= 4 is 0 Å². The molecule has 0 amide bonds. The molecule has 2 rings (SSSR count). The summed E-state index contributed by atoms with van der Waals surface area (Å²) in [7, 11) is 0. The van der Waals surface area contributed by atoms with Crippen molar-refractivity contribution in [3.63, 3.8) is 0 Å². The van der Waals surface area contributed by atoms with Crippen LogP contribution in [0.15, 0.2) is 24.3 Å². The fourth-order valence-corrected chi connectivity index (χ4v) is 2.87. The summed E-state index contributed by atoms with van der Waals surface area (Å²) in [5.74, 6) is 1.99. The van der Waals surface area contributed by atoms with Gasteiger partial charge < -0.3 is 14.6 Å². The highest BCUT2D eigenvalue weighted by atomic mass is 16.5. The number of ether oxygens (including phenoxy) is 2. The van der Waals surface area contributed by atoms with Gasteiger partial charge in [0.15, 0.2) is 11.5 Å². The van der Waals surface area contributed by atoms with Gasteiger partial charge in [0.05, 0.1) is 19.3 Å². The Hall–Kier alpha value is -1.22. The standard InChI is InChI=1S/C17H26O3/c1-2-19-16-10-6-7-11-17(16)20-13-12-14-8-4-3-5-9-15(14)18/h6-7,10-11,14-15,18H,2-5,8-9,12-13H2,1H3. The smallest absolute Gasteiger partial charge is 0.161 e. The van der Waals surface area contributed by atoms with Crippen molar-refractivity contribution < 1.29 is 14.6 Å². The van der Waals surface area contributed by atoms with Gasteiger partial charge in [0.25, 0.3) is 0 Å². The predicted molar refractivity (Wildman–Crippen MR) is 80.3 cm³/mol. The third-order valence-electron chi connectivity index (χ3n) is 4.01. The van der Waals surface area contributed by atoms with E-state index in [9.17, 15) is 5.11 Å². The van der Waals surface area contributed by atoms with Gasteiger partial charge in [0.2, 0.25) is 0 Å². The monoisotopic (exact) mass is 278 g/mol. The lowest BCUT2D eigenvalue weighted by molar-refractivity contribution is 0.0857. The van der Waals surface area contributed by atoms with Crippen LogP contribution in [0.4, 0.5) is 0 Å². The number of hydrogen-bond donors (Lipinski definition) is 1. The van der Waals surface area contributed by atoms with Crippen molar-refractivity contribution in [2.75, 3.05) is 13.2 Å². The van der Waals surface area contributed by atoms with Crippen LogP contribution in [0, 0.1) is 5.92 Å². The molecule has 1 N–H and O–H groups in total. The zero-order valence-electron chi connectivity index (χ0n) is 12.4. The van der Waals surface area contributed by atoms with Gasteiger partial charge in [0, 0.05) is 0 Å². The molecule has 112 valence electrons. The minimum absolute atomic E-state index is 0.150. The molecular formula is C17H26O3. The summed E-state index contributed by atoms with van der Waals surface area (Å²) in [6.07, 6.45) is 6.48. The van der Waals surface area contributed by atoms with E-state index >= 15 is 0 Å². The first-order valence-electron chi connectivity index (χ1n) is 7.84. The van der Waals surface area contributed by atoms with Gasteiger partial charge in [-0.15, -0.1) is 0 Å². The van der Waals surface area contributed by atoms with E-state index in [1.54, 1.807) is 0 Å². The molecule has 1 saturated carbocycles. The van der Waals surface area contributed by atoms with Crippen LogP contribution in [0.1, 0.15) is 45.4 Å². The lowest BCUT2D eigenvalue weighted by atomic mass is 9.94. The molecule has 3 nitrogen and oxygen atoms in total. The Morgan fingerprint density at radius 2 is 1.75 bits per heavy atom. The molecule has 1 aliphatic rings. The van der Waals surface area contributed by atoms with E-state index in [-0.39, 0.29) is 6.10 Å². The number of aliphatic hydroxyl groups excluding tert-OH is 1. The first-order chi connectivity index (χ1) is 9.81. The van der Waals surface area contributed by atoms with E-state index in [2.05, 4.69) is 0 Å². The van der Waals surface area contributed by atoms with Gasteiger partial charge in [-0.2, -0.15) is 0 Å². The number of para-hydroxylation sites is 2. The van der Waals surface area contributed by atoms with E-state index in [0.29, 0.717) is 19.1 Å². The van der Waals surface area contributed by atoms with Gasteiger partial charge >= 0.3 is 0 Å². The summed E-state index contributed by atoms with van der Waals surface area (Å²) >= 11 is 0. The highest BCUT2D eigenvalue weighted by molar-refractivity contribution is 5.39. The summed E-state index contributed by atoms with van der Waals surface area (Å²) in [6.45, 7) is 3.26. The molecule has 0 heterocycles. The van der Waals surface area contributed by atoms with E-state index < -0.39 is 0 Å². The van der Waals surface area contributed by atoms with Crippen molar-refractivity contribution in [3.8, 4) is 11.5 Å². The highest BCUT2D eigenvalue weighted by Crippen LogP contribution is 2.29. The molecule has 0 aliphatic heterocycles. The van der Waals surface area contributed by atoms with Gasteiger partial charge in [-0.3, -0.25) is 0 Å². The quantitative estimate of drug-likeness (QED) is 0.804. The molecule has 1 aromatic rings. The van der Waals surface area contributed by atoms with E-state index in [1.165, 1.54) is 12.8 Å². The lowest BCUT2D eigenvalue weighted by Crippen LogP contribution is -2.21. The number of rotatable bonds is 6. The molecule has 1 fully saturated rings. The van der Waals surface area contributed by atoms with Crippen molar-refractivity contribution in [2.24, 2.45) is 5.92 Å². The predicted octanol–water partition coefficient (Wildman–Crippen LogP) is 3.80. The maximum Gasteiger partial charge on any atom is 0.161 e. The topological polar surface area (TPSA) is 38.7 Å². The summed E-state index contributed by atoms with van der Waals surface area (Å²) in [5.41, 5.74) is 0. The summed E-state index contributed by atoms with van der Waals surface area (Å²) < 4.78 is 11.4. The summed E-state index contributed by atoms with van der Waals surface area (Å²) in [4.78, 5) is 0. The summed E-state index contributed by atoms with van der Waals surface area (Å²) in [6, 6.07) is 7.78. The first-order valence-corrected chi connectivity index (χ1v) is 7.84. The van der Waals surface area contributed by atoms with E-state index in [0.717, 1.165) is 37.2 Å². The molecule has 1 aliphatic carbocycles. The van der Waals surface area contributed by atoms with Crippen LogP contribution in [0.25, 0.3) is 0 Å². The zero-order valence-corrected chi connectivity index (χ0v) is 12.4. The molecule has 0 saturated heterocycles. The fraction of sp³-hybridized carbons (Fsp3) is 0.647. The minimum Gasteiger partial charge on any atom is -0.490 e. The van der Waals surface area contributed by atoms with Crippen LogP contribution in [0.2, 0.25) is 0 Å². The third kappa shape index (κ3) is 4.41. The second kappa shape index (κ2) is 8.15. The average Bonchev–Trinajstić information content (AvgIpc) is 2.66. The number of aliphatic hydroxyl groups is 1. The van der Waals surface area contributed by atoms with Crippen LogP contribution in [-0.2, 0) is 0 Å². The Morgan fingerprint density at radius 3 is 2.50 bits per heavy atom. The van der Waals surface area contributed by atoms with Gasteiger partial charge in [0.1, 0.15) is 0 Å². The SMILES string of the molecule is CCOc1ccccc1OCCC1CCCCCC1O. The third-order valence-corrected chi connectivity index (χ3v) is 4.01. The van der Waals surface area contributed by atoms with Crippen molar-refractivity contribution in [2.45, 2.75) is 51.6 Å². The second-order valence-electron chi connectivity index (χ2n) is 5.48. The first kappa shape index (κ1) is 15.2. The van der Waals surface area contributed by atoms with Crippen LogP contribution >= 0.6 is 0 Å². The molecule has 2 atom stereocenters. The zero-order chi connectivity index (χ0) is 14.2. The van der Waals surface area contributed by atoms with Crippen LogP contribution in [-0.4, -0.2) is 24.4 Å². The van der Waals surface area contributed by atoms with Crippen LogP contribution in [0.3, 0.4) is 0 Å². The van der Waals surface area contributed by atoms with Crippen molar-refractivity contribution in [1.29, 1.82) is 0 Å². The van der Waals surface area contributed by atoms with Crippen molar-refractivity contribution in [1.82, 2.24) is 0 Å². The lowest BCUT2D eigenvalue weighted by Gasteiger charge is -2.20. The van der Waals surface area contributed by atoms with Gasteiger partial charge in [-0.05, 0) is 44.2 Å². The number of benzene rings is 1. The van der Waals surface area contributed by atoms with Gasteiger partial charge in [-0.1, -0.05) is 31.4 Å². The van der Waals surface area contributed by atoms with E-state index in [1.807, 2.05) is 31.2 Å². The van der Waals surface area contributed by atoms with E-state index in [4.69, 9.17) is 9.47 Å². The molecule has 0 spiro atoms. The molecule has 3 heteroatoms. The van der Waals surface area contributed by atoms with Crippen LogP contribution in [0.5, 0.6) is 11.5 Å². The highest BCUT2D eigenvalue weighted by Gasteiger charge is 2.21. The Morgan fingerprint density at radius 1 is 1.05 bits per heavy atom. The summed E-state index contributed by atoms with van der Waals surface area (Å²) in [5, 5.41) is 10.1. The average molecular weight is 278 g/mol. The molecule has 0 aromatic heterocycles. The Kier molecular flexibility index (Phi) is 6.19. The molecule has 20 heavy (non-hydrogen) atoms. The van der Waals surface area contributed by atoms with Crippen molar-refractivity contribution in [3.05, 3.63) is 24.3 Å². The molecule has 0 radical (unpaired) electrons. The Bertz CT molecular complexity index is 392. The molecule has 1 aromatic carbocycles. The molecule has 0 bridgehead atoms. The number of hydrogen-bond acceptors (Lipinski definition) is 3. The Balaban J connectivity index is 1.83. The van der Waals surface area contributed by atoms with Crippen LogP contribution < -0.4 is 9.47 Å². The maximum absolute atomic E-state index is 10.1. The minimum atomic E-state index is -0.150. The largest absolute Gasteiger partial charge is 0.490 e. The molecular weight excluding hydrogens is 252 g/mol. The van der Waals surface area contributed by atoms with Gasteiger partial charge in [-0.25, -0.2) is 0 Å². The normalized spacial score (nSPS) is 23.1. The maximum atomic E-state index is 10.1. The second-order valence-corrected chi connectivity index (χ2v) is 5.48.